The quantitative estimate of drug-likeness (QED) is 0.791. The lowest BCUT2D eigenvalue weighted by atomic mass is 9.78. The molecular weight excluding hydrogens is 366 g/mol. The molecule has 0 aromatic heterocycles. The molecule has 0 bridgehead atoms. The van der Waals surface area contributed by atoms with Crippen LogP contribution in [0.4, 0.5) is 11.4 Å². The summed E-state index contributed by atoms with van der Waals surface area (Å²) in [5.74, 6) is -0.826. The molecule has 2 saturated heterocycles. The fourth-order valence-corrected chi connectivity index (χ4v) is 5.43. The lowest BCUT2D eigenvalue weighted by Gasteiger charge is -2.36. The van der Waals surface area contributed by atoms with Crippen LogP contribution in [0.1, 0.15) is 42.1 Å². The van der Waals surface area contributed by atoms with Crippen molar-refractivity contribution >= 4 is 29.0 Å². The third-order valence-corrected chi connectivity index (χ3v) is 6.63. The van der Waals surface area contributed by atoms with Crippen molar-refractivity contribution in [2.75, 3.05) is 17.2 Å². The second-order valence-electron chi connectivity index (χ2n) is 8.17. The van der Waals surface area contributed by atoms with Gasteiger partial charge in [0, 0.05) is 28.5 Å². The number of nitrogens with one attached hydrogen (secondary N) is 2. The predicted octanol–water partition coefficient (Wildman–Crippen LogP) is 3.16. The monoisotopic (exact) mass is 389 g/mol. The summed E-state index contributed by atoms with van der Waals surface area (Å²) in [7, 11) is 0. The van der Waals surface area contributed by atoms with Crippen molar-refractivity contribution in [3.63, 3.8) is 0 Å². The predicted molar refractivity (Wildman–Crippen MR) is 110 cm³/mol. The van der Waals surface area contributed by atoms with E-state index in [2.05, 4.69) is 15.5 Å². The Hall–Kier alpha value is -2.99. The number of rotatable bonds is 3. The maximum atomic E-state index is 13.4. The Balaban J connectivity index is 1.54. The zero-order chi connectivity index (χ0) is 20.2. The van der Waals surface area contributed by atoms with Crippen LogP contribution in [0.15, 0.2) is 48.5 Å². The summed E-state index contributed by atoms with van der Waals surface area (Å²) in [6, 6.07) is 14.9. The number of nitrogens with zero attached hydrogens (tertiary/aromatic N) is 1. The van der Waals surface area contributed by atoms with Crippen molar-refractivity contribution in [3.8, 4) is 0 Å². The van der Waals surface area contributed by atoms with Gasteiger partial charge in [0.25, 0.3) is 0 Å². The van der Waals surface area contributed by atoms with Gasteiger partial charge >= 0.3 is 0 Å². The number of benzene rings is 2. The molecule has 0 saturated carbocycles. The first-order chi connectivity index (χ1) is 14.0. The molecule has 29 heavy (non-hydrogen) atoms. The van der Waals surface area contributed by atoms with Crippen LogP contribution in [-0.2, 0) is 15.1 Å². The maximum Gasteiger partial charge on any atom is 0.250 e. The molecule has 148 valence electrons. The maximum absolute atomic E-state index is 13.4. The Morgan fingerprint density at radius 3 is 2.83 bits per heavy atom. The van der Waals surface area contributed by atoms with E-state index in [-0.39, 0.29) is 23.6 Å². The second kappa shape index (κ2) is 6.52. The first-order valence-electron chi connectivity index (χ1n) is 10.1. The van der Waals surface area contributed by atoms with Gasteiger partial charge in [0.2, 0.25) is 11.8 Å². The third kappa shape index (κ3) is 2.55. The lowest BCUT2D eigenvalue weighted by molar-refractivity contribution is -0.135. The van der Waals surface area contributed by atoms with Gasteiger partial charge in [-0.15, -0.1) is 0 Å². The third-order valence-electron chi connectivity index (χ3n) is 6.63. The molecule has 2 N–H and O–H groups in total. The van der Waals surface area contributed by atoms with Gasteiger partial charge in [-0.25, -0.2) is 0 Å². The highest BCUT2D eigenvalue weighted by Crippen LogP contribution is 2.55. The number of anilines is 2. The number of hydrogen-bond donors (Lipinski definition) is 2. The van der Waals surface area contributed by atoms with E-state index in [1.165, 1.54) is 6.92 Å². The van der Waals surface area contributed by atoms with Crippen LogP contribution in [-0.4, -0.2) is 35.1 Å². The van der Waals surface area contributed by atoms with Crippen molar-refractivity contribution < 1.29 is 14.4 Å². The average molecular weight is 389 g/mol. The van der Waals surface area contributed by atoms with E-state index < -0.39 is 11.5 Å². The Morgan fingerprint density at radius 2 is 2.00 bits per heavy atom. The van der Waals surface area contributed by atoms with E-state index in [0.717, 1.165) is 30.6 Å². The average Bonchev–Trinajstić information content (AvgIpc) is 3.36. The Morgan fingerprint density at radius 1 is 1.17 bits per heavy atom. The highest BCUT2D eigenvalue weighted by Gasteiger charge is 2.65. The molecule has 3 heterocycles. The summed E-state index contributed by atoms with van der Waals surface area (Å²) >= 11 is 0. The molecule has 6 nitrogen and oxygen atoms in total. The minimum atomic E-state index is -0.958. The van der Waals surface area contributed by atoms with E-state index in [9.17, 15) is 14.4 Å². The molecule has 2 amide bonds. The zero-order valence-corrected chi connectivity index (χ0v) is 16.3. The molecule has 3 aliphatic heterocycles. The van der Waals surface area contributed by atoms with Gasteiger partial charge in [-0.05, 0) is 50.9 Å². The van der Waals surface area contributed by atoms with Gasteiger partial charge < -0.3 is 10.6 Å². The molecule has 1 spiro atoms. The smallest absolute Gasteiger partial charge is 0.250 e. The zero-order valence-electron chi connectivity index (χ0n) is 16.3. The number of para-hydroxylation sites is 1. The summed E-state index contributed by atoms with van der Waals surface area (Å²) in [5, 5.41) is 5.98. The molecule has 5 rings (SSSR count). The van der Waals surface area contributed by atoms with Crippen molar-refractivity contribution in [2.45, 2.75) is 37.8 Å². The molecule has 3 atom stereocenters. The SMILES string of the molecule is CC(=O)c1cccc(NC(=O)[C@@H]2C[C@@H]3CCCN3[C@]23C(=O)Nc2ccccc23)c1. The fraction of sp³-hybridized carbons (Fsp3) is 0.348. The van der Waals surface area contributed by atoms with E-state index in [1.54, 1.807) is 24.3 Å². The first kappa shape index (κ1) is 18.1. The Kier molecular flexibility index (Phi) is 4.06. The van der Waals surface area contributed by atoms with Gasteiger partial charge in [-0.2, -0.15) is 0 Å². The minimum absolute atomic E-state index is 0.0526. The van der Waals surface area contributed by atoms with Crippen LogP contribution in [0, 0.1) is 5.92 Å². The number of fused-ring (bicyclic) bond motifs is 4. The Bertz CT molecular complexity index is 1030. The molecular formula is C23H23N3O3. The normalized spacial score (nSPS) is 27.6. The molecule has 2 aromatic rings. The number of amides is 2. The van der Waals surface area contributed by atoms with Crippen LogP contribution < -0.4 is 10.6 Å². The van der Waals surface area contributed by atoms with Crippen LogP contribution in [0.3, 0.4) is 0 Å². The van der Waals surface area contributed by atoms with Gasteiger partial charge in [0.05, 0.1) is 5.92 Å². The van der Waals surface area contributed by atoms with Gasteiger partial charge in [-0.3, -0.25) is 19.3 Å². The molecule has 2 fully saturated rings. The van der Waals surface area contributed by atoms with Crippen LogP contribution in [0.5, 0.6) is 0 Å². The van der Waals surface area contributed by atoms with Crippen LogP contribution in [0.25, 0.3) is 0 Å². The minimum Gasteiger partial charge on any atom is -0.326 e. The van der Waals surface area contributed by atoms with E-state index in [0.29, 0.717) is 17.7 Å². The number of carbonyl (C=O) groups is 3. The second-order valence-corrected chi connectivity index (χ2v) is 8.17. The van der Waals surface area contributed by atoms with E-state index in [4.69, 9.17) is 0 Å². The lowest BCUT2D eigenvalue weighted by Crippen LogP contribution is -2.53. The highest BCUT2D eigenvalue weighted by molar-refractivity contribution is 6.10. The summed E-state index contributed by atoms with van der Waals surface area (Å²) in [4.78, 5) is 40.7. The first-order valence-corrected chi connectivity index (χ1v) is 10.1. The van der Waals surface area contributed by atoms with Gasteiger partial charge in [0.1, 0.15) is 5.54 Å². The van der Waals surface area contributed by atoms with E-state index in [1.807, 2.05) is 24.3 Å². The Labute approximate surface area is 169 Å². The summed E-state index contributed by atoms with van der Waals surface area (Å²) in [6.45, 7) is 2.32. The summed E-state index contributed by atoms with van der Waals surface area (Å²) < 4.78 is 0. The number of Topliss-reactive ketones (excluding diaryl/α,β-unsaturated/α-hetero) is 1. The number of hydrogen-bond acceptors (Lipinski definition) is 4. The van der Waals surface area contributed by atoms with Crippen LogP contribution in [0.2, 0.25) is 0 Å². The largest absolute Gasteiger partial charge is 0.326 e. The molecule has 0 radical (unpaired) electrons. The van der Waals surface area contributed by atoms with Crippen molar-refractivity contribution in [1.29, 1.82) is 0 Å². The van der Waals surface area contributed by atoms with E-state index >= 15 is 0 Å². The molecule has 0 aliphatic carbocycles. The van der Waals surface area contributed by atoms with Crippen molar-refractivity contribution in [3.05, 3.63) is 59.7 Å². The number of carbonyl (C=O) groups excluding carboxylic acids is 3. The van der Waals surface area contributed by atoms with Crippen LogP contribution >= 0.6 is 0 Å². The standard InChI is InChI=1S/C23H23N3O3/c1-14(27)15-6-4-7-16(12-15)24-21(28)19-13-17-8-5-11-26(17)23(19)18-9-2-3-10-20(18)25-22(23)29/h2-4,6-7,9-10,12,17,19H,5,8,11,13H2,1H3,(H,24,28)(H,25,29)/t17-,19-,23-/m0/s1. The molecule has 0 unspecified atom stereocenters. The number of ketones is 1. The van der Waals surface area contributed by atoms with Crippen molar-refractivity contribution in [1.82, 2.24) is 4.90 Å². The van der Waals surface area contributed by atoms with Gasteiger partial charge in [0.15, 0.2) is 5.78 Å². The van der Waals surface area contributed by atoms with Crippen molar-refractivity contribution in [2.24, 2.45) is 5.92 Å². The fourth-order valence-electron chi connectivity index (χ4n) is 5.43. The highest BCUT2D eigenvalue weighted by atomic mass is 16.2. The molecule has 6 heteroatoms. The summed E-state index contributed by atoms with van der Waals surface area (Å²) in [5.41, 5.74) is 1.86. The topological polar surface area (TPSA) is 78.5 Å². The summed E-state index contributed by atoms with van der Waals surface area (Å²) in [6.07, 6.45) is 2.69. The van der Waals surface area contributed by atoms with Gasteiger partial charge in [-0.1, -0.05) is 30.3 Å². The molecule has 3 aliphatic rings. The molecule has 2 aromatic carbocycles.